The first kappa shape index (κ1) is 11.8. The van der Waals surface area contributed by atoms with E-state index in [0.29, 0.717) is 6.42 Å². The summed E-state index contributed by atoms with van der Waals surface area (Å²) in [6.45, 7) is 1.62. The lowest BCUT2D eigenvalue weighted by molar-refractivity contribution is 0.215. The molecule has 0 saturated heterocycles. The van der Waals surface area contributed by atoms with Gasteiger partial charge in [-0.15, -0.1) is 0 Å². The molecule has 0 N–H and O–H groups in total. The summed E-state index contributed by atoms with van der Waals surface area (Å²) in [5.41, 5.74) is -3.71. The summed E-state index contributed by atoms with van der Waals surface area (Å²) < 4.78 is 52.8. The normalized spacial score (nSPS) is 26.9. The monoisotopic (exact) mass is 219 g/mol. The van der Waals surface area contributed by atoms with Crippen LogP contribution in [-0.2, 0) is 0 Å². The summed E-state index contributed by atoms with van der Waals surface area (Å²) in [7, 11) is 0. The second-order valence-electron chi connectivity index (χ2n) is 3.35. The molecule has 0 aromatic carbocycles. The van der Waals surface area contributed by atoms with Crippen LogP contribution < -0.4 is 0 Å². The molecule has 0 heterocycles. The maximum Gasteiger partial charge on any atom is 0.253 e. The Bertz CT molecular complexity index is 377. The van der Waals surface area contributed by atoms with E-state index < -0.39 is 35.1 Å². The van der Waals surface area contributed by atoms with E-state index in [2.05, 4.69) is 0 Å². The molecule has 0 spiro atoms. The highest BCUT2D eigenvalue weighted by molar-refractivity contribution is 5.43. The zero-order chi connectivity index (χ0) is 11.6. The number of halogens is 4. The van der Waals surface area contributed by atoms with Crippen molar-refractivity contribution >= 4 is 0 Å². The molecule has 0 bridgehead atoms. The predicted octanol–water partition coefficient (Wildman–Crippen LogP) is 3.80. The highest BCUT2D eigenvalue weighted by Crippen LogP contribution is 2.42. The maximum absolute atomic E-state index is 13.5. The number of hydrogen-bond donors (Lipinski definition) is 0. The predicted molar refractivity (Wildman–Crippen MR) is 46.4 cm³/mol. The van der Waals surface area contributed by atoms with Gasteiger partial charge in [-0.3, -0.25) is 0 Å². The van der Waals surface area contributed by atoms with Gasteiger partial charge in [-0.25, -0.2) is 17.6 Å². The van der Waals surface area contributed by atoms with Crippen molar-refractivity contribution in [3.05, 3.63) is 23.1 Å². The second-order valence-corrected chi connectivity index (χ2v) is 3.35. The Balaban J connectivity index is 3.26. The number of nitrogens with zero attached hydrogens (tertiary/aromatic N) is 1. The Morgan fingerprint density at radius 3 is 2.47 bits per heavy atom. The van der Waals surface area contributed by atoms with Crippen LogP contribution in [0.25, 0.3) is 0 Å². The van der Waals surface area contributed by atoms with Gasteiger partial charge in [0.2, 0.25) is 0 Å². The minimum Gasteiger partial charge on any atom is -0.219 e. The minimum atomic E-state index is -3.05. The van der Waals surface area contributed by atoms with Gasteiger partial charge < -0.3 is 0 Å². The molecule has 0 aliphatic heterocycles. The lowest BCUT2D eigenvalue weighted by Crippen LogP contribution is -2.26. The van der Waals surface area contributed by atoms with Crippen LogP contribution in [0.2, 0.25) is 0 Å². The molecular formula is C10H9F4N. The first-order valence-electron chi connectivity index (χ1n) is 4.50. The van der Waals surface area contributed by atoms with E-state index in [-0.39, 0.29) is 6.42 Å². The van der Waals surface area contributed by atoms with Crippen LogP contribution in [0.4, 0.5) is 17.6 Å². The molecule has 0 saturated carbocycles. The van der Waals surface area contributed by atoms with Gasteiger partial charge in [0.1, 0.15) is 11.9 Å². The number of alkyl halides is 1. The fraction of sp³-hybridized carbons (Fsp3) is 0.500. The van der Waals surface area contributed by atoms with Crippen molar-refractivity contribution in [3.8, 4) is 6.07 Å². The largest absolute Gasteiger partial charge is 0.253 e. The molecule has 0 radical (unpaired) electrons. The molecule has 0 fully saturated rings. The standard InChI is InChI=1S/C10H9F4N/c1-2-3-6-8(12)7(11)4-10(14,5-15)9(6)13/h2-4H2,1H3. The molecular weight excluding hydrogens is 210 g/mol. The van der Waals surface area contributed by atoms with Crippen LogP contribution >= 0.6 is 0 Å². The molecule has 82 valence electrons. The third kappa shape index (κ3) is 1.89. The van der Waals surface area contributed by atoms with Gasteiger partial charge in [-0.05, 0) is 6.42 Å². The molecule has 1 unspecified atom stereocenters. The third-order valence-electron chi connectivity index (χ3n) is 2.19. The lowest BCUT2D eigenvalue weighted by atomic mass is 9.89. The van der Waals surface area contributed by atoms with Crippen molar-refractivity contribution < 1.29 is 17.6 Å². The number of nitriles is 1. The van der Waals surface area contributed by atoms with Crippen molar-refractivity contribution in [2.45, 2.75) is 31.9 Å². The fourth-order valence-corrected chi connectivity index (χ4v) is 1.43. The number of hydrogen-bond acceptors (Lipinski definition) is 1. The van der Waals surface area contributed by atoms with Crippen LogP contribution in [0.15, 0.2) is 23.1 Å². The zero-order valence-corrected chi connectivity index (χ0v) is 8.08. The topological polar surface area (TPSA) is 23.8 Å². The third-order valence-corrected chi connectivity index (χ3v) is 2.19. The summed E-state index contributed by atoms with van der Waals surface area (Å²) in [4.78, 5) is 0. The first-order chi connectivity index (χ1) is 6.96. The van der Waals surface area contributed by atoms with Gasteiger partial charge in [-0.2, -0.15) is 5.26 Å². The number of allylic oxidation sites excluding steroid dienone is 4. The van der Waals surface area contributed by atoms with E-state index >= 15 is 0 Å². The average Bonchev–Trinajstić information content (AvgIpc) is 2.22. The molecule has 0 aromatic rings. The summed E-state index contributed by atoms with van der Waals surface area (Å²) in [5.74, 6) is -4.26. The Morgan fingerprint density at radius 1 is 1.40 bits per heavy atom. The lowest BCUT2D eigenvalue weighted by Gasteiger charge is -2.22. The molecule has 1 nitrogen and oxygen atoms in total. The van der Waals surface area contributed by atoms with Gasteiger partial charge in [0, 0.05) is 5.57 Å². The van der Waals surface area contributed by atoms with Crippen LogP contribution in [-0.4, -0.2) is 5.67 Å². The summed E-state index contributed by atoms with van der Waals surface area (Å²) >= 11 is 0. The van der Waals surface area contributed by atoms with Gasteiger partial charge in [0.25, 0.3) is 5.67 Å². The van der Waals surface area contributed by atoms with Crippen molar-refractivity contribution in [2.75, 3.05) is 0 Å². The molecule has 15 heavy (non-hydrogen) atoms. The van der Waals surface area contributed by atoms with Crippen molar-refractivity contribution in [1.29, 1.82) is 5.26 Å². The smallest absolute Gasteiger partial charge is 0.219 e. The van der Waals surface area contributed by atoms with Crippen LogP contribution in [0.1, 0.15) is 26.2 Å². The van der Waals surface area contributed by atoms with Crippen molar-refractivity contribution in [2.24, 2.45) is 0 Å². The van der Waals surface area contributed by atoms with E-state index in [1.807, 2.05) is 0 Å². The molecule has 1 aliphatic carbocycles. The molecule has 1 aliphatic rings. The minimum absolute atomic E-state index is 0.127. The Morgan fingerprint density at radius 2 is 2.00 bits per heavy atom. The highest BCUT2D eigenvalue weighted by atomic mass is 19.2. The summed E-state index contributed by atoms with van der Waals surface area (Å²) in [6.07, 6.45) is -0.974. The van der Waals surface area contributed by atoms with Crippen LogP contribution in [0.5, 0.6) is 0 Å². The quantitative estimate of drug-likeness (QED) is 0.648. The Labute approximate surface area is 84.7 Å². The SMILES string of the molecule is CCCC1=C(F)C(F)(C#N)CC(F)=C1F. The van der Waals surface area contributed by atoms with Gasteiger partial charge in [0.15, 0.2) is 11.7 Å². The van der Waals surface area contributed by atoms with E-state index in [1.165, 1.54) is 0 Å². The molecule has 0 aromatic heterocycles. The van der Waals surface area contributed by atoms with E-state index in [1.54, 1.807) is 6.92 Å². The fourth-order valence-electron chi connectivity index (χ4n) is 1.43. The Kier molecular flexibility index (Phi) is 3.18. The van der Waals surface area contributed by atoms with E-state index in [9.17, 15) is 17.6 Å². The molecule has 0 amide bonds. The van der Waals surface area contributed by atoms with Gasteiger partial charge >= 0.3 is 0 Å². The maximum atomic E-state index is 13.5. The average molecular weight is 219 g/mol. The Hall–Kier alpha value is -1.31. The van der Waals surface area contributed by atoms with Gasteiger partial charge in [0.05, 0.1) is 6.42 Å². The number of rotatable bonds is 2. The highest BCUT2D eigenvalue weighted by Gasteiger charge is 2.44. The van der Waals surface area contributed by atoms with Crippen LogP contribution in [0.3, 0.4) is 0 Å². The molecule has 1 atom stereocenters. The van der Waals surface area contributed by atoms with Crippen molar-refractivity contribution in [3.63, 3.8) is 0 Å². The van der Waals surface area contributed by atoms with Gasteiger partial charge in [-0.1, -0.05) is 13.3 Å². The zero-order valence-electron chi connectivity index (χ0n) is 8.08. The van der Waals surface area contributed by atoms with Crippen LogP contribution in [0, 0.1) is 11.3 Å². The van der Waals surface area contributed by atoms with Crippen molar-refractivity contribution in [1.82, 2.24) is 0 Å². The molecule has 5 heteroatoms. The first-order valence-corrected chi connectivity index (χ1v) is 4.50. The molecule has 1 rings (SSSR count). The summed E-state index contributed by atoms with van der Waals surface area (Å²) in [5, 5.41) is 8.40. The summed E-state index contributed by atoms with van der Waals surface area (Å²) in [6, 6.07) is 1.03. The second kappa shape index (κ2) is 4.05. The van der Waals surface area contributed by atoms with E-state index in [4.69, 9.17) is 5.26 Å². The van der Waals surface area contributed by atoms with E-state index in [0.717, 1.165) is 6.07 Å².